The highest BCUT2D eigenvalue weighted by molar-refractivity contribution is 14.0. The van der Waals surface area contributed by atoms with E-state index in [1.165, 1.54) is 12.1 Å². The Kier molecular flexibility index (Phi) is 6.79. The molecule has 0 spiro atoms. The number of rotatable bonds is 2. The molecule has 1 aromatic carbocycles. The first kappa shape index (κ1) is 19.0. The molecule has 0 aliphatic heterocycles. The summed E-state index contributed by atoms with van der Waals surface area (Å²) in [5.74, 6) is 0.271. The first-order chi connectivity index (χ1) is 8.58. The first-order valence-corrected chi connectivity index (χ1v) is 5.82. The van der Waals surface area contributed by atoms with Gasteiger partial charge in [0.05, 0.1) is 12.1 Å². The topological polar surface area (TPSA) is 50.4 Å². The number of halogens is 4. The van der Waals surface area contributed by atoms with Crippen molar-refractivity contribution in [2.75, 3.05) is 0 Å². The van der Waals surface area contributed by atoms with Crippen molar-refractivity contribution in [1.29, 1.82) is 0 Å². The van der Waals surface area contributed by atoms with E-state index in [1.54, 1.807) is 0 Å². The second kappa shape index (κ2) is 7.14. The van der Waals surface area contributed by atoms with Crippen molar-refractivity contribution in [3.05, 3.63) is 35.4 Å². The Bertz CT molecular complexity index is 447. The summed E-state index contributed by atoms with van der Waals surface area (Å²) >= 11 is 0. The monoisotopic (exact) mass is 401 g/mol. The number of benzene rings is 1. The van der Waals surface area contributed by atoms with Gasteiger partial charge in [-0.05, 0) is 38.5 Å². The summed E-state index contributed by atoms with van der Waals surface area (Å²) in [7, 11) is 0. The van der Waals surface area contributed by atoms with Gasteiger partial charge in [-0.25, -0.2) is 4.99 Å². The van der Waals surface area contributed by atoms with Crippen LogP contribution in [-0.4, -0.2) is 11.5 Å². The molecule has 0 bridgehead atoms. The molecule has 7 heteroatoms. The zero-order valence-corrected chi connectivity index (χ0v) is 13.9. The molecule has 0 amide bonds. The Labute approximate surface area is 133 Å². The number of nitrogens with two attached hydrogens (primary N) is 1. The fraction of sp³-hybridized carbons (Fsp3) is 0.462. The molecule has 0 saturated heterocycles. The zero-order chi connectivity index (χ0) is 14.7. The van der Waals surface area contributed by atoms with Crippen LogP contribution >= 0.6 is 24.0 Å². The number of guanidine groups is 1. The van der Waals surface area contributed by atoms with Gasteiger partial charge in [0.1, 0.15) is 0 Å². The average molecular weight is 401 g/mol. The summed E-state index contributed by atoms with van der Waals surface area (Å²) in [6, 6.07) is 4.88. The van der Waals surface area contributed by atoms with Crippen LogP contribution in [-0.2, 0) is 12.7 Å². The minimum atomic E-state index is -4.31. The van der Waals surface area contributed by atoms with E-state index >= 15 is 0 Å². The molecule has 1 rings (SSSR count). The second-order valence-electron chi connectivity index (χ2n) is 5.27. The fourth-order valence-corrected chi connectivity index (χ4v) is 1.40. The van der Waals surface area contributed by atoms with Crippen LogP contribution in [0.15, 0.2) is 29.3 Å². The predicted molar refractivity (Wildman–Crippen MR) is 85.1 cm³/mol. The highest BCUT2D eigenvalue weighted by atomic mass is 127. The molecule has 0 aromatic heterocycles. The average Bonchev–Trinajstić information content (AvgIpc) is 2.23. The third-order valence-corrected chi connectivity index (χ3v) is 2.22. The van der Waals surface area contributed by atoms with E-state index in [9.17, 15) is 13.2 Å². The Balaban J connectivity index is 0.00000361. The van der Waals surface area contributed by atoms with E-state index < -0.39 is 11.7 Å². The maximum absolute atomic E-state index is 12.4. The van der Waals surface area contributed by atoms with Crippen LogP contribution in [0, 0.1) is 0 Å². The number of hydrogen-bond acceptors (Lipinski definition) is 1. The second-order valence-corrected chi connectivity index (χ2v) is 5.27. The van der Waals surface area contributed by atoms with Crippen molar-refractivity contribution in [2.24, 2.45) is 10.7 Å². The number of aliphatic imine (C=N–C) groups is 1. The molecule has 0 aliphatic rings. The smallest absolute Gasteiger partial charge is 0.370 e. The number of nitrogens with one attached hydrogen (secondary N) is 1. The van der Waals surface area contributed by atoms with E-state index in [0.717, 1.165) is 12.1 Å². The van der Waals surface area contributed by atoms with Crippen LogP contribution < -0.4 is 11.1 Å². The molecule has 0 saturated carbocycles. The van der Waals surface area contributed by atoms with Gasteiger partial charge >= 0.3 is 6.18 Å². The Morgan fingerprint density at radius 3 is 2.05 bits per heavy atom. The van der Waals surface area contributed by atoms with Crippen molar-refractivity contribution in [2.45, 2.75) is 39.0 Å². The number of nitrogens with zero attached hydrogens (tertiary/aromatic N) is 1. The van der Waals surface area contributed by atoms with E-state index in [0.29, 0.717) is 5.56 Å². The molecule has 0 radical (unpaired) electrons. The summed E-state index contributed by atoms with van der Waals surface area (Å²) in [5, 5.41) is 2.97. The minimum Gasteiger partial charge on any atom is -0.370 e. The Morgan fingerprint density at radius 2 is 1.65 bits per heavy atom. The molecule has 114 valence electrons. The third kappa shape index (κ3) is 6.97. The Morgan fingerprint density at radius 1 is 1.15 bits per heavy atom. The zero-order valence-electron chi connectivity index (χ0n) is 11.6. The summed E-state index contributed by atoms with van der Waals surface area (Å²) in [5.41, 5.74) is 5.47. The summed E-state index contributed by atoms with van der Waals surface area (Å²) in [6.07, 6.45) is -4.31. The van der Waals surface area contributed by atoms with Crippen LogP contribution in [0.5, 0.6) is 0 Å². The minimum absolute atomic E-state index is 0. The van der Waals surface area contributed by atoms with E-state index in [4.69, 9.17) is 5.73 Å². The molecule has 20 heavy (non-hydrogen) atoms. The Hall–Kier alpha value is -0.990. The SMILES string of the molecule is CC(C)(C)NC(N)=NCc1ccc(C(F)(F)F)cc1.I. The molecule has 3 nitrogen and oxygen atoms in total. The van der Waals surface area contributed by atoms with E-state index in [2.05, 4.69) is 10.3 Å². The molecule has 3 N–H and O–H groups in total. The molecule has 0 heterocycles. The van der Waals surface area contributed by atoms with Gasteiger partial charge in [0.15, 0.2) is 5.96 Å². The normalized spacial score (nSPS) is 12.8. The van der Waals surface area contributed by atoms with Crippen LogP contribution in [0.25, 0.3) is 0 Å². The standard InChI is InChI=1S/C13H18F3N3.HI/c1-12(2,3)19-11(17)18-8-9-4-6-10(7-5-9)13(14,15)16;/h4-7H,8H2,1-3H3,(H3,17,18,19);1H. The maximum Gasteiger partial charge on any atom is 0.416 e. The highest BCUT2D eigenvalue weighted by Crippen LogP contribution is 2.29. The van der Waals surface area contributed by atoms with Gasteiger partial charge in [0, 0.05) is 5.54 Å². The lowest BCUT2D eigenvalue weighted by Gasteiger charge is -2.21. The van der Waals surface area contributed by atoms with Gasteiger partial charge in [-0.2, -0.15) is 13.2 Å². The number of hydrogen-bond donors (Lipinski definition) is 2. The van der Waals surface area contributed by atoms with Gasteiger partial charge in [-0.1, -0.05) is 12.1 Å². The molecule has 0 aliphatic carbocycles. The van der Waals surface area contributed by atoms with Crippen LogP contribution in [0.1, 0.15) is 31.9 Å². The summed E-state index contributed by atoms with van der Waals surface area (Å²) in [6.45, 7) is 6.06. The van der Waals surface area contributed by atoms with Crippen molar-refractivity contribution < 1.29 is 13.2 Å². The van der Waals surface area contributed by atoms with E-state index in [-0.39, 0.29) is 42.0 Å². The van der Waals surface area contributed by atoms with Crippen molar-refractivity contribution >= 4 is 29.9 Å². The van der Waals surface area contributed by atoms with E-state index in [1.807, 2.05) is 20.8 Å². The number of alkyl halides is 3. The van der Waals surface area contributed by atoms with Gasteiger partial charge in [0.25, 0.3) is 0 Å². The summed E-state index contributed by atoms with van der Waals surface area (Å²) in [4.78, 5) is 4.07. The largest absolute Gasteiger partial charge is 0.416 e. The summed E-state index contributed by atoms with van der Waals surface area (Å²) < 4.78 is 37.1. The van der Waals surface area contributed by atoms with Gasteiger partial charge < -0.3 is 11.1 Å². The van der Waals surface area contributed by atoms with Gasteiger partial charge in [0.2, 0.25) is 0 Å². The lowest BCUT2D eigenvalue weighted by molar-refractivity contribution is -0.137. The van der Waals surface area contributed by atoms with Crippen LogP contribution in [0.4, 0.5) is 13.2 Å². The quantitative estimate of drug-likeness (QED) is 0.453. The highest BCUT2D eigenvalue weighted by Gasteiger charge is 2.29. The van der Waals surface area contributed by atoms with Gasteiger partial charge in [-0.15, -0.1) is 24.0 Å². The van der Waals surface area contributed by atoms with Crippen molar-refractivity contribution in [1.82, 2.24) is 5.32 Å². The molecular formula is C13H19F3IN3. The fourth-order valence-electron chi connectivity index (χ4n) is 1.40. The predicted octanol–water partition coefficient (Wildman–Crippen LogP) is 3.53. The third-order valence-electron chi connectivity index (χ3n) is 2.22. The maximum atomic E-state index is 12.4. The van der Waals surface area contributed by atoms with Crippen molar-refractivity contribution in [3.8, 4) is 0 Å². The molecule has 0 unspecified atom stereocenters. The molecular weight excluding hydrogens is 382 g/mol. The van der Waals surface area contributed by atoms with Crippen LogP contribution in [0.3, 0.4) is 0 Å². The molecule has 0 atom stereocenters. The molecule has 0 fully saturated rings. The van der Waals surface area contributed by atoms with Crippen LogP contribution in [0.2, 0.25) is 0 Å². The lowest BCUT2D eigenvalue weighted by Crippen LogP contribution is -2.44. The molecule has 1 aromatic rings. The van der Waals surface area contributed by atoms with Crippen molar-refractivity contribution in [3.63, 3.8) is 0 Å². The van der Waals surface area contributed by atoms with Gasteiger partial charge in [-0.3, -0.25) is 0 Å². The lowest BCUT2D eigenvalue weighted by atomic mass is 10.1. The first-order valence-electron chi connectivity index (χ1n) is 5.82.